The first-order valence-electron chi connectivity index (χ1n) is 8.28. The van der Waals surface area contributed by atoms with Crippen molar-refractivity contribution in [3.05, 3.63) is 59.4 Å². The van der Waals surface area contributed by atoms with Crippen LogP contribution in [0.25, 0.3) is 0 Å². The Labute approximate surface area is 162 Å². The van der Waals surface area contributed by atoms with Crippen molar-refractivity contribution in [2.45, 2.75) is 4.90 Å². The number of benzene rings is 2. The molecule has 1 saturated heterocycles. The molecule has 1 aliphatic rings. The highest BCUT2D eigenvalue weighted by atomic mass is 35.5. The zero-order valence-electron chi connectivity index (χ0n) is 14.3. The average Bonchev–Trinajstić information content (AvgIpc) is 2.69. The summed E-state index contributed by atoms with van der Waals surface area (Å²) in [6, 6.07) is 11.3. The summed E-state index contributed by atoms with van der Waals surface area (Å²) in [5, 5.41) is -0.223. The number of carbonyl (C=O) groups excluding carboxylic acids is 1. The Kier molecular flexibility index (Phi) is 5.98. The standard InChI is InChI=1S/C18H18ClFN2O4S/c19-16-12-14(6-7-17(16)20)22(13-18(23)21-8-10-26-11-9-21)27(24,25)15-4-2-1-3-5-15/h1-7,12H,8-11,13H2. The van der Waals surface area contributed by atoms with Gasteiger partial charge in [-0.25, -0.2) is 12.8 Å². The zero-order valence-corrected chi connectivity index (χ0v) is 15.9. The van der Waals surface area contributed by atoms with Gasteiger partial charge >= 0.3 is 0 Å². The summed E-state index contributed by atoms with van der Waals surface area (Å²) < 4.78 is 46.0. The number of halogens is 2. The Morgan fingerprint density at radius 1 is 1.15 bits per heavy atom. The molecule has 1 amide bonds. The summed E-state index contributed by atoms with van der Waals surface area (Å²) in [6.07, 6.45) is 0. The first-order chi connectivity index (χ1) is 12.9. The molecular formula is C18H18ClFN2O4S. The molecule has 0 aromatic heterocycles. The molecule has 6 nitrogen and oxygen atoms in total. The van der Waals surface area contributed by atoms with E-state index in [4.69, 9.17) is 16.3 Å². The maximum atomic E-state index is 13.5. The molecule has 1 heterocycles. The zero-order chi connectivity index (χ0) is 19.4. The van der Waals surface area contributed by atoms with Crippen LogP contribution in [0, 0.1) is 5.82 Å². The van der Waals surface area contributed by atoms with Crippen molar-refractivity contribution >= 4 is 33.2 Å². The van der Waals surface area contributed by atoms with Crippen molar-refractivity contribution in [2.75, 3.05) is 37.2 Å². The number of carbonyl (C=O) groups is 1. The molecule has 0 spiro atoms. The van der Waals surface area contributed by atoms with Crippen LogP contribution in [-0.2, 0) is 19.6 Å². The van der Waals surface area contributed by atoms with E-state index in [1.54, 1.807) is 23.1 Å². The Morgan fingerprint density at radius 3 is 2.44 bits per heavy atom. The lowest BCUT2D eigenvalue weighted by Crippen LogP contribution is -2.47. The topological polar surface area (TPSA) is 66.9 Å². The van der Waals surface area contributed by atoms with Gasteiger partial charge in [-0.2, -0.15) is 0 Å². The maximum absolute atomic E-state index is 13.5. The quantitative estimate of drug-likeness (QED) is 0.756. The van der Waals surface area contributed by atoms with E-state index in [9.17, 15) is 17.6 Å². The summed E-state index contributed by atoms with van der Waals surface area (Å²) in [5.74, 6) is -1.03. The predicted octanol–water partition coefficient (Wildman–Crippen LogP) is 2.53. The van der Waals surface area contributed by atoms with Gasteiger partial charge in [0, 0.05) is 13.1 Å². The van der Waals surface area contributed by atoms with Crippen molar-refractivity contribution in [3.63, 3.8) is 0 Å². The lowest BCUT2D eigenvalue weighted by Gasteiger charge is -2.30. The smallest absolute Gasteiger partial charge is 0.264 e. The molecule has 1 fully saturated rings. The highest BCUT2D eigenvalue weighted by molar-refractivity contribution is 7.92. The van der Waals surface area contributed by atoms with Crippen molar-refractivity contribution in [1.82, 2.24) is 4.90 Å². The number of morpholine rings is 1. The van der Waals surface area contributed by atoms with Crippen molar-refractivity contribution < 1.29 is 22.3 Å². The lowest BCUT2D eigenvalue weighted by molar-refractivity contribution is -0.133. The van der Waals surface area contributed by atoms with Gasteiger partial charge < -0.3 is 9.64 Å². The van der Waals surface area contributed by atoms with Crippen molar-refractivity contribution in [1.29, 1.82) is 0 Å². The summed E-state index contributed by atoms with van der Waals surface area (Å²) >= 11 is 5.83. The Balaban J connectivity index is 1.98. The van der Waals surface area contributed by atoms with E-state index in [2.05, 4.69) is 0 Å². The third-order valence-electron chi connectivity index (χ3n) is 4.17. The van der Waals surface area contributed by atoms with Crippen LogP contribution in [0.2, 0.25) is 5.02 Å². The van der Waals surface area contributed by atoms with Crippen LogP contribution < -0.4 is 4.31 Å². The Bertz CT molecular complexity index is 918. The molecule has 2 aromatic rings. The fraction of sp³-hybridized carbons (Fsp3) is 0.278. The first kappa shape index (κ1) is 19.6. The third kappa shape index (κ3) is 4.40. The predicted molar refractivity (Wildman–Crippen MR) is 99.8 cm³/mol. The van der Waals surface area contributed by atoms with Crippen LogP contribution in [0.4, 0.5) is 10.1 Å². The monoisotopic (exact) mass is 412 g/mol. The minimum atomic E-state index is -4.04. The van der Waals surface area contributed by atoms with Crippen LogP contribution in [0.1, 0.15) is 0 Å². The molecule has 0 N–H and O–H groups in total. The van der Waals surface area contributed by atoms with E-state index >= 15 is 0 Å². The fourth-order valence-electron chi connectivity index (χ4n) is 2.71. The molecule has 2 aromatic carbocycles. The molecule has 0 bridgehead atoms. The number of nitrogens with zero attached hydrogens (tertiary/aromatic N) is 2. The largest absolute Gasteiger partial charge is 0.378 e. The molecule has 0 atom stereocenters. The Hall–Kier alpha value is -2.16. The summed E-state index contributed by atoms with van der Waals surface area (Å²) in [5.41, 5.74) is 0.117. The van der Waals surface area contributed by atoms with E-state index in [0.29, 0.717) is 26.3 Å². The molecule has 0 aliphatic carbocycles. The number of anilines is 1. The number of hydrogen-bond acceptors (Lipinski definition) is 4. The second-order valence-corrected chi connectivity index (χ2v) is 8.19. The van der Waals surface area contributed by atoms with Gasteiger partial charge in [-0.1, -0.05) is 29.8 Å². The van der Waals surface area contributed by atoms with Gasteiger partial charge in [-0.15, -0.1) is 0 Å². The van der Waals surface area contributed by atoms with Crippen molar-refractivity contribution in [3.8, 4) is 0 Å². The molecule has 1 aliphatic heterocycles. The van der Waals surface area contributed by atoms with Gasteiger partial charge in [0.05, 0.1) is 28.8 Å². The van der Waals surface area contributed by atoms with Crippen LogP contribution >= 0.6 is 11.6 Å². The number of sulfonamides is 1. The Morgan fingerprint density at radius 2 is 1.81 bits per heavy atom. The SMILES string of the molecule is O=C(CN(c1ccc(F)c(Cl)c1)S(=O)(=O)c1ccccc1)N1CCOCC1. The van der Waals surface area contributed by atoms with Gasteiger partial charge in [0.2, 0.25) is 5.91 Å². The van der Waals surface area contributed by atoms with Gasteiger partial charge in [0.25, 0.3) is 10.0 Å². The number of amides is 1. The molecule has 0 radical (unpaired) electrons. The number of ether oxygens (including phenoxy) is 1. The van der Waals surface area contributed by atoms with Crippen LogP contribution in [0.3, 0.4) is 0 Å². The minimum absolute atomic E-state index is 0.0280. The summed E-state index contributed by atoms with van der Waals surface area (Å²) in [4.78, 5) is 14.2. The maximum Gasteiger partial charge on any atom is 0.264 e. The second kappa shape index (κ2) is 8.24. The molecule has 27 heavy (non-hydrogen) atoms. The van der Waals surface area contributed by atoms with Crippen LogP contribution in [0.15, 0.2) is 53.4 Å². The highest BCUT2D eigenvalue weighted by Gasteiger charge is 2.29. The van der Waals surface area contributed by atoms with Gasteiger partial charge in [-0.05, 0) is 30.3 Å². The average molecular weight is 413 g/mol. The molecule has 9 heteroatoms. The molecule has 0 unspecified atom stereocenters. The molecular weight excluding hydrogens is 395 g/mol. The fourth-order valence-corrected chi connectivity index (χ4v) is 4.31. The molecule has 0 saturated carbocycles. The highest BCUT2D eigenvalue weighted by Crippen LogP contribution is 2.27. The van der Waals surface area contributed by atoms with Gasteiger partial charge in [0.1, 0.15) is 12.4 Å². The van der Waals surface area contributed by atoms with E-state index < -0.39 is 22.4 Å². The van der Waals surface area contributed by atoms with Gasteiger partial charge in [-0.3, -0.25) is 9.10 Å². The third-order valence-corrected chi connectivity index (χ3v) is 6.24. The summed E-state index contributed by atoms with van der Waals surface area (Å²) in [7, 11) is -4.04. The number of rotatable bonds is 5. The van der Waals surface area contributed by atoms with Crippen molar-refractivity contribution in [2.24, 2.45) is 0 Å². The summed E-state index contributed by atoms with van der Waals surface area (Å²) in [6.45, 7) is 1.17. The van der Waals surface area contributed by atoms with Crippen LogP contribution in [0.5, 0.6) is 0 Å². The van der Waals surface area contributed by atoms with E-state index in [-0.39, 0.29) is 21.5 Å². The van der Waals surface area contributed by atoms with E-state index in [1.807, 2.05) is 0 Å². The van der Waals surface area contributed by atoms with Crippen LogP contribution in [-0.4, -0.2) is 52.1 Å². The lowest BCUT2D eigenvalue weighted by atomic mass is 10.3. The van der Waals surface area contributed by atoms with E-state index in [1.165, 1.54) is 24.3 Å². The van der Waals surface area contributed by atoms with Gasteiger partial charge in [0.15, 0.2) is 0 Å². The first-order valence-corrected chi connectivity index (χ1v) is 10.1. The van der Waals surface area contributed by atoms with E-state index in [0.717, 1.165) is 10.4 Å². The number of hydrogen-bond donors (Lipinski definition) is 0. The molecule has 144 valence electrons. The molecule has 3 rings (SSSR count). The second-order valence-electron chi connectivity index (χ2n) is 5.92. The normalized spacial score (nSPS) is 14.8. The minimum Gasteiger partial charge on any atom is -0.378 e.